The predicted molar refractivity (Wildman–Crippen MR) is 93.8 cm³/mol. The number of esters is 1. The van der Waals surface area contributed by atoms with Crippen LogP contribution in [0.2, 0.25) is 0 Å². The topological polar surface area (TPSA) is 166 Å². The van der Waals surface area contributed by atoms with E-state index >= 15 is 0 Å². The van der Waals surface area contributed by atoms with E-state index in [0.717, 1.165) is 10.9 Å². The van der Waals surface area contributed by atoms with Crippen molar-refractivity contribution in [1.29, 1.82) is 0 Å². The molecule has 0 amide bonds. The Morgan fingerprint density at radius 3 is 2.68 bits per heavy atom. The highest BCUT2D eigenvalue weighted by Crippen LogP contribution is 2.39. The molecule has 3 heterocycles. The van der Waals surface area contributed by atoms with Crippen molar-refractivity contribution in [1.82, 2.24) is 19.5 Å². The molecular weight excluding hydrogens is 370 g/mol. The van der Waals surface area contributed by atoms with Crippen LogP contribution in [0.4, 0.5) is 5.82 Å². The van der Waals surface area contributed by atoms with E-state index in [0.29, 0.717) is 0 Å². The number of ether oxygens (including phenoxy) is 2. The van der Waals surface area contributed by atoms with Crippen LogP contribution in [0.5, 0.6) is 5.75 Å². The number of imidazole rings is 1. The molecule has 0 radical (unpaired) electrons. The minimum absolute atomic E-state index is 0.0575. The number of carbonyl (C=O) groups excluding carboxylic acids is 1. The number of hydrogen-bond donors (Lipinski definition) is 4. The second-order valence-corrected chi connectivity index (χ2v) is 6.22. The van der Waals surface area contributed by atoms with Gasteiger partial charge >= 0.3 is 5.97 Å². The van der Waals surface area contributed by atoms with Crippen molar-refractivity contribution in [2.45, 2.75) is 24.0 Å². The van der Waals surface area contributed by atoms with Crippen LogP contribution in [-0.4, -0.2) is 65.7 Å². The number of carbonyl (C=O) groups is 1. The van der Waals surface area contributed by atoms with Crippen LogP contribution in [0.3, 0.4) is 0 Å². The van der Waals surface area contributed by atoms with Crippen molar-refractivity contribution in [3.05, 3.63) is 43.0 Å². The van der Waals surface area contributed by atoms with Crippen molar-refractivity contribution in [3.63, 3.8) is 0 Å². The Morgan fingerprint density at radius 2 is 2.00 bits per heavy atom. The highest BCUT2D eigenvalue weighted by Gasteiger charge is 2.62. The van der Waals surface area contributed by atoms with E-state index in [1.54, 1.807) is 30.3 Å². The van der Waals surface area contributed by atoms with Gasteiger partial charge in [0.25, 0.3) is 5.72 Å². The van der Waals surface area contributed by atoms with Crippen LogP contribution in [0.15, 0.2) is 43.0 Å². The van der Waals surface area contributed by atoms with Gasteiger partial charge < -0.3 is 30.5 Å². The molecular formula is C17H17N5O6. The molecule has 5 N–H and O–H groups in total. The molecule has 1 aliphatic rings. The fourth-order valence-electron chi connectivity index (χ4n) is 3.18. The molecule has 4 atom stereocenters. The summed E-state index contributed by atoms with van der Waals surface area (Å²) in [6.45, 7) is -0.637. The summed E-state index contributed by atoms with van der Waals surface area (Å²) in [6.07, 6.45) is -2.25. The zero-order chi connectivity index (χ0) is 19.9. The number of nitrogen functional groups attached to an aromatic ring is 1. The van der Waals surface area contributed by atoms with Crippen LogP contribution in [-0.2, 0) is 15.3 Å². The number of aromatic nitrogens is 4. The lowest BCUT2D eigenvalue weighted by Gasteiger charge is -2.30. The molecule has 0 spiro atoms. The smallest absolute Gasteiger partial charge is 0.368 e. The Bertz CT molecular complexity index is 1010. The Balaban J connectivity index is 1.87. The first-order valence-corrected chi connectivity index (χ1v) is 8.35. The highest BCUT2D eigenvalue weighted by atomic mass is 16.6. The first kappa shape index (κ1) is 18.3. The zero-order valence-corrected chi connectivity index (χ0v) is 14.4. The molecule has 1 fully saturated rings. The normalized spacial score (nSPS) is 27.2. The monoisotopic (exact) mass is 387 g/mol. The fourth-order valence-corrected chi connectivity index (χ4v) is 3.18. The third kappa shape index (κ3) is 2.60. The number of fused-ring (bicyclic) bond motifs is 1. The van der Waals surface area contributed by atoms with Gasteiger partial charge in [-0.05, 0) is 12.1 Å². The minimum atomic E-state index is -2.25. The quantitative estimate of drug-likeness (QED) is 0.315. The molecule has 1 aliphatic heterocycles. The molecule has 1 aromatic carbocycles. The van der Waals surface area contributed by atoms with Gasteiger partial charge in [0, 0.05) is 0 Å². The minimum Gasteiger partial charge on any atom is -0.423 e. The lowest BCUT2D eigenvalue weighted by Crippen LogP contribution is -2.53. The number of para-hydroxylation sites is 1. The van der Waals surface area contributed by atoms with Crippen LogP contribution in [0.1, 0.15) is 0 Å². The van der Waals surface area contributed by atoms with Gasteiger partial charge in [-0.3, -0.25) is 4.57 Å². The number of benzene rings is 1. The summed E-state index contributed by atoms with van der Waals surface area (Å²) < 4.78 is 12.1. The molecule has 0 unspecified atom stereocenters. The van der Waals surface area contributed by atoms with Crippen LogP contribution in [0.25, 0.3) is 11.2 Å². The second-order valence-electron chi connectivity index (χ2n) is 6.22. The van der Waals surface area contributed by atoms with Crippen molar-refractivity contribution in [2.24, 2.45) is 0 Å². The van der Waals surface area contributed by atoms with E-state index in [9.17, 15) is 20.1 Å². The summed E-state index contributed by atoms with van der Waals surface area (Å²) in [5.74, 6) is -0.775. The molecule has 0 saturated carbocycles. The van der Waals surface area contributed by atoms with E-state index in [1.165, 1.54) is 6.33 Å². The first-order chi connectivity index (χ1) is 13.5. The molecule has 11 nitrogen and oxygen atoms in total. The predicted octanol–water partition coefficient (Wildman–Crippen LogP) is -1.22. The number of anilines is 1. The Kier molecular flexibility index (Phi) is 4.43. The van der Waals surface area contributed by atoms with E-state index in [1.807, 2.05) is 0 Å². The number of nitrogens with two attached hydrogens (primary N) is 1. The average Bonchev–Trinajstić information content (AvgIpc) is 3.24. The summed E-state index contributed by atoms with van der Waals surface area (Å²) in [6, 6.07) is 8.14. The molecule has 4 rings (SSSR count). The van der Waals surface area contributed by atoms with E-state index < -0.39 is 36.6 Å². The van der Waals surface area contributed by atoms with Crippen molar-refractivity contribution >= 4 is 23.0 Å². The summed E-state index contributed by atoms with van der Waals surface area (Å²) in [5, 5.41) is 30.5. The summed E-state index contributed by atoms with van der Waals surface area (Å²) in [4.78, 5) is 25.1. The maximum absolute atomic E-state index is 13.2. The van der Waals surface area contributed by atoms with Gasteiger partial charge in [0.15, 0.2) is 11.5 Å². The molecule has 0 bridgehead atoms. The fraction of sp³-hybridized carbons (Fsp3) is 0.294. The van der Waals surface area contributed by atoms with Gasteiger partial charge in [-0.15, -0.1) is 0 Å². The number of aliphatic hydroxyl groups is 3. The maximum Gasteiger partial charge on any atom is 0.368 e. The molecule has 28 heavy (non-hydrogen) atoms. The molecule has 3 aromatic rings. The van der Waals surface area contributed by atoms with Crippen molar-refractivity contribution in [2.75, 3.05) is 12.3 Å². The zero-order valence-electron chi connectivity index (χ0n) is 14.4. The summed E-state index contributed by atoms with van der Waals surface area (Å²) in [5.41, 5.74) is 3.80. The third-order valence-electron chi connectivity index (χ3n) is 4.58. The molecule has 11 heteroatoms. The highest BCUT2D eigenvalue weighted by molar-refractivity contribution is 5.86. The number of aliphatic hydroxyl groups excluding tert-OH is 3. The standard InChI is InChI=1S/C17H17N5O6/c18-14-11-15(20-7-19-14)22(8-21-11)17(13(25)12(24)10(6-23)28-17)16(26)27-9-4-2-1-3-5-9/h1-5,7-8,10,12-13,23-25H,6H2,(H2,18,19,20)/t10-,12-,13-,17+/m1/s1. The summed E-state index contributed by atoms with van der Waals surface area (Å²) >= 11 is 0. The van der Waals surface area contributed by atoms with Crippen LogP contribution < -0.4 is 10.5 Å². The van der Waals surface area contributed by atoms with E-state index in [-0.39, 0.29) is 22.7 Å². The maximum atomic E-state index is 13.2. The largest absolute Gasteiger partial charge is 0.423 e. The molecule has 2 aromatic heterocycles. The van der Waals surface area contributed by atoms with Crippen molar-refractivity contribution < 1.29 is 29.6 Å². The van der Waals surface area contributed by atoms with Gasteiger partial charge in [-0.2, -0.15) is 0 Å². The van der Waals surface area contributed by atoms with Gasteiger partial charge in [-0.25, -0.2) is 19.7 Å². The molecule has 1 saturated heterocycles. The Morgan fingerprint density at radius 1 is 1.25 bits per heavy atom. The lowest BCUT2D eigenvalue weighted by molar-refractivity contribution is -0.191. The Hall–Kier alpha value is -3.12. The first-order valence-electron chi connectivity index (χ1n) is 8.35. The Labute approximate surface area is 158 Å². The SMILES string of the molecule is Nc1ncnc2c1ncn2[C@]1(C(=O)Oc2ccccc2)O[C@H](CO)[C@@H](O)[C@H]1O. The number of nitrogens with zero attached hydrogens (tertiary/aromatic N) is 4. The molecule has 0 aliphatic carbocycles. The summed E-state index contributed by atoms with van der Waals surface area (Å²) in [7, 11) is 0. The third-order valence-corrected chi connectivity index (χ3v) is 4.58. The van der Waals surface area contributed by atoms with Gasteiger partial charge in [0.2, 0.25) is 0 Å². The number of hydrogen-bond acceptors (Lipinski definition) is 10. The van der Waals surface area contributed by atoms with E-state index in [2.05, 4.69) is 15.0 Å². The lowest BCUT2D eigenvalue weighted by atomic mass is 10.0. The van der Waals surface area contributed by atoms with Crippen LogP contribution >= 0.6 is 0 Å². The number of rotatable bonds is 4. The molecule has 146 valence electrons. The van der Waals surface area contributed by atoms with Gasteiger partial charge in [0.05, 0.1) is 6.61 Å². The average molecular weight is 387 g/mol. The van der Waals surface area contributed by atoms with Gasteiger partial charge in [0.1, 0.15) is 42.2 Å². The van der Waals surface area contributed by atoms with Crippen molar-refractivity contribution in [3.8, 4) is 5.75 Å². The van der Waals surface area contributed by atoms with E-state index in [4.69, 9.17) is 15.2 Å². The van der Waals surface area contributed by atoms with Crippen LogP contribution in [0, 0.1) is 0 Å². The van der Waals surface area contributed by atoms with Gasteiger partial charge in [-0.1, -0.05) is 18.2 Å². The second kappa shape index (κ2) is 6.80.